The molecule has 0 bridgehead atoms. The summed E-state index contributed by atoms with van der Waals surface area (Å²) in [6, 6.07) is 7.95. The van der Waals surface area contributed by atoms with Crippen molar-refractivity contribution in [3.05, 3.63) is 51.9 Å². The first-order valence-corrected chi connectivity index (χ1v) is 14.6. The highest BCUT2D eigenvalue weighted by Crippen LogP contribution is 2.29. The number of carbonyl (C=O) groups excluding carboxylic acids is 1. The van der Waals surface area contributed by atoms with E-state index in [1.807, 2.05) is 13.0 Å². The number of pyridine rings is 1. The first kappa shape index (κ1) is 27.6. The fourth-order valence-electron chi connectivity index (χ4n) is 5.83. The zero-order valence-corrected chi connectivity index (χ0v) is 23.5. The van der Waals surface area contributed by atoms with Crippen molar-refractivity contribution in [1.82, 2.24) is 19.9 Å². The molecule has 5 rings (SSSR count). The molecule has 2 aromatic heterocycles. The number of aryl methyl sites for hydroxylation is 1. The average molecular weight is 535 g/mol. The van der Waals surface area contributed by atoms with Crippen LogP contribution >= 0.6 is 0 Å². The minimum absolute atomic E-state index is 0.0694. The predicted molar refractivity (Wildman–Crippen MR) is 153 cm³/mol. The average Bonchev–Trinajstić information content (AvgIpc) is 3.56. The highest BCUT2D eigenvalue weighted by Gasteiger charge is 2.26. The van der Waals surface area contributed by atoms with Crippen molar-refractivity contribution in [2.24, 2.45) is 11.8 Å². The summed E-state index contributed by atoms with van der Waals surface area (Å²) in [4.78, 5) is 32.9. The molecular formula is C31H42N4O4. The summed E-state index contributed by atoms with van der Waals surface area (Å²) >= 11 is 0. The number of aromatic nitrogens is 3. The van der Waals surface area contributed by atoms with E-state index in [2.05, 4.69) is 46.9 Å². The van der Waals surface area contributed by atoms with Gasteiger partial charge >= 0.3 is 5.97 Å². The van der Waals surface area contributed by atoms with E-state index in [1.54, 1.807) is 6.20 Å². The van der Waals surface area contributed by atoms with E-state index in [0.29, 0.717) is 23.9 Å². The third-order valence-electron chi connectivity index (χ3n) is 8.07. The number of hydrogen-bond acceptors (Lipinski definition) is 6. The monoisotopic (exact) mass is 534 g/mol. The van der Waals surface area contributed by atoms with Gasteiger partial charge in [0, 0.05) is 43.6 Å². The third kappa shape index (κ3) is 6.79. The van der Waals surface area contributed by atoms with Crippen LogP contribution in [-0.2, 0) is 27.4 Å². The van der Waals surface area contributed by atoms with E-state index < -0.39 is 0 Å². The maximum absolute atomic E-state index is 13.0. The Bertz CT molecular complexity index is 1330. The second-order valence-electron chi connectivity index (χ2n) is 11.7. The van der Waals surface area contributed by atoms with Gasteiger partial charge in [0.05, 0.1) is 11.0 Å². The van der Waals surface area contributed by atoms with Gasteiger partial charge in [0.1, 0.15) is 18.0 Å². The van der Waals surface area contributed by atoms with Crippen LogP contribution in [0.1, 0.15) is 69.9 Å². The fraction of sp³-hybridized carbons (Fsp3) is 0.581. The minimum Gasteiger partial charge on any atom is -0.461 e. The van der Waals surface area contributed by atoms with Gasteiger partial charge in [-0.1, -0.05) is 19.9 Å². The number of carbonyl (C=O) groups is 1. The molecule has 2 aliphatic rings. The van der Waals surface area contributed by atoms with Crippen LogP contribution in [-0.4, -0.2) is 45.9 Å². The Morgan fingerprint density at radius 1 is 1.18 bits per heavy atom. The van der Waals surface area contributed by atoms with Crippen LogP contribution in [0.3, 0.4) is 0 Å². The number of hydrogen-bond donors (Lipinski definition) is 2. The Balaban J connectivity index is 1.39. The van der Waals surface area contributed by atoms with Crippen molar-refractivity contribution in [3.63, 3.8) is 0 Å². The summed E-state index contributed by atoms with van der Waals surface area (Å²) in [6.07, 6.45) is 8.86. The topological polar surface area (TPSA) is 98.2 Å². The molecule has 3 aromatic rings. The van der Waals surface area contributed by atoms with Crippen molar-refractivity contribution >= 4 is 17.0 Å². The Labute approximate surface area is 230 Å². The molecule has 1 saturated carbocycles. The number of esters is 1. The molecule has 1 atom stereocenters. The normalized spacial score (nSPS) is 17.7. The molecule has 8 heteroatoms. The van der Waals surface area contributed by atoms with Gasteiger partial charge in [0.25, 0.3) is 5.56 Å². The molecule has 1 aromatic carbocycles. The van der Waals surface area contributed by atoms with E-state index in [-0.39, 0.29) is 23.7 Å². The molecule has 1 saturated heterocycles. The number of H-pyrrole nitrogens is 1. The molecule has 210 valence electrons. The lowest BCUT2D eigenvalue weighted by Gasteiger charge is -2.23. The van der Waals surface area contributed by atoms with Crippen molar-refractivity contribution in [3.8, 4) is 11.4 Å². The zero-order valence-electron chi connectivity index (χ0n) is 23.5. The molecule has 0 spiro atoms. The largest absolute Gasteiger partial charge is 0.461 e. The molecule has 0 amide bonds. The number of nitrogens with zero attached hydrogens (tertiary/aromatic N) is 2. The van der Waals surface area contributed by atoms with Gasteiger partial charge in [0.15, 0.2) is 0 Å². The van der Waals surface area contributed by atoms with Crippen LogP contribution in [0.4, 0.5) is 0 Å². The second kappa shape index (κ2) is 12.5. The number of fused-ring (bicyclic) bond motifs is 1. The third-order valence-corrected chi connectivity index (χ3v) is 8.07. The van der Waals surface area contributed by atoms with Gasteiger partial charge in [-0.05, 0) is 87.5 Å². The lowest BCUT2D eigenvalue weighted by atomic mass is 10.00. The number of imidazole rings is 1. The summed E-state index contributed by atoms with van der Waals surface area (Å²) in [5.41, 5.74) is 4.55. The summed E-state index contributed by atoms with van der Waals surface area (Å²) in [5.74, 6) is 1.63. The Hall–Kier alpha value is -2.97. The fourth-order valence-corrected chi connectivity index (χ4v) is 5.83. The molecule has 8 nitrogen and oxygen atoms in total. The molecule has 39 heavy (non-hydrogen) atoms. The van der Waals surface area contributed by atoms with Gasteiger partial charge in [0.2, 0.25) is 0 Å². The molecular weight excluding hydrogens is 492 g/mol. The van der Waals surface area contributed by atoms with Gasteiger partial charge < -0.3 is 24.3 Å². The van der Waals surface area contributed by atoms with E-state index in [1.165, 1.54) is 0 Å². The smallest absolute Gasteiger partial charge is 0.323 e. The maximum Gasteiger partial charge on any atom is 0.323 e. The molecule has 3 heterocycles. The number of benzene rings is 1. The maximum atomic E-state index is 13.0. The van der Waals surface area contributed by atoms with Gasteiger partial charge in [-0.2, -0.15) is 0 Å². The van der Waals surface area contributed by atoms with Gasteiger partial charge in [-0.3, -0.25) is 9.59 Å². The molecule has 0 radical (unpaired) electrons. The summed E-state index contributed by atoms with van der Waals surface area (Å²) in [7, 11) is 0. The van der Waals surface area contributed by atoms with E-state index in [0.717, 1.165) is 92.7 Å². The predicted octanol–water partition coefficient (Wildman–Crippen LogP) is 5.12. The van der Waals surface area contributed by atoms with Crippen molar-refractivity contribution in [2.45, 2.75) is 91.0 Å². The Morgan fingerprint density at radius 2 is 1.95 bits per heavy atom. The van der Waals surface area contributed by atoms with Crippen LogP contribution in [0.25, 0.3) is 22.4 Å². The quantitative estimate of drug-likeness (QED) is 0.351. The summed E-state index contributed by atoms with van der Waals surface area (Å²) in [6.45, 7) is 9.09. The van der Waals surface area contributed by atoms with E-state index in [9.17, 15) is 9.59 Å². The van der Waals surface area contributed by atoms with E-state index >= 15 is 0 Å². The molecule has 1 unspecified atom stereocenters. The number of aromatic amines is 1. The first-order valence-electron chi connectivity index (χ1n) is 14.6. The highest BCUT2D eigenvalue weighted by atomic mass is 16.5. The lowest BCUT2D eigenvalue weighted by molar-refractivity contribution is -0.151. The minimum atomic E-state index is -0.327. The van der Waals surface area contributed by atoms with Crippen LogP contribution in [0.15, 0.2) is 35.3 Å². The van der Waals surface area contributed by atoms with Crippen LogP contribution in [0, 0.1) is 18.8 Å². The van der Waals surface area contributed by atoms with Crippen LogP contribution in [0.2, 0.25) is 0 Å². The molecule has 2 fully saturated rings. The van der Waals surface area contributed by atoms with Crippen LogP contribution in [0.5, 0.6) is 0 Å². The van der Waals surface area contributed by atoms with Crippen molar-refractivity contribution in [2.75, 3.05) is 13.2 Å². The van der Waals surface area contributed by atoms with Gasteiger partial charge in [-0.15, -0.1) is 0 Å². The number of nitrogens with one attached hydrogen (secondary N) is 2. The first-order chi connectivity index (χ1) is 18.9. The van der Waals surface area contributed by atoms with Gasteiger partial charge in [-0.25, -0.2) is 4.98 Å². The molecule has 1 aliphatic heterocycles. The second-order valence-corrected chi connectivity index (χ2v) is 11.7. The van der Waals surface area contributed by atoms with Crippen molar-refractivity contribution in [1.29, 1.82) is 0 Å². The SMILES string of the molecule is Cc1cc(-c2nc3cc(CNC(CC(C)C)C(=O)OC4CCCC4)ccc3n2CC2CCOCC2)c[nH]c1=O. The van der Waals surface area contributed by atoms with Crippen LogP contribution < -0.4 is 10.9 Å². The Morgan fingerprint density at radius 3 is 2.67 bits per heavy atom. The lowest BCUT2D eigenvalue weighted by Crippen LogP contribution is -2.40. The highest BCUT2D eigenvalue weighted by molar-refractivity contribution is 5.81. The summed E-state index contributed by atoms with van der Waals surface area (Å²) in [5, 5.41) is 3.48. The number of rotatable bonds is 10. The molecule has 1 aliphatic carbocycles. The number of ether oxygens (including phenoxy) is 2. The zero-order chi connectivity index (χ0) is 27.4. The standard InChI is InChI=1S/C31H42N4O4/c1-20(2)14-27(31(37)39-25-6-4-5-7-25)32-17-23-8-9-28-26(16-23)34-29(24-15-21(3)30(36)33-18-24)35(28)19-22-10-12-38-13-11-22/h8-9,15-16,18,20,22,25,27,32H,4-7,10-14,17,19H2,1-3H3,(H,33,36). The van der Waals surface area contributed by atoms with E-state index in [4.69, 9.17) is 14.5 Å². The van der Waals surface area contributed by atoms with Crippen molar-refractivity contribution < 1.29 is 14.3 Å². The molecule has 2 N–H and O–H groups in total. The summed E-state index contributed by atoms with van der Waals surface area (Å²) < 4.78 is 13.7. The Kier molecular flexibility index (Phi) is 8.82.